The first-order valence-electron chi connectivity index (χ1n) is 3.01. The molecule has 1 aromatic rings. The zero-order chi connectivity index (χ0) is 7.02. The van der Waals surface area contributed by atoms with E-state index in [2.05, 4.69) is 6.92 Å². The molecule has 1 heterocycles. The van der Waals surface area contributed by atoms with Gasteiger partial charge in [-0.05, 0) is 19.4 Å². The lowest BCUT2D eigenvalue weighted by Crippen LogP contribution is -1.87. The molecule has 0 radical (unpaired) electrons. The van der Waals surface area contributed by atoms with Gasteiger partial charge in [0.05, 0.1) is 5.69 Å². The summed E-state index contributed by atoms with van der Waals surface area (Å²) >= 11 is 0. The predicted octanol–water partition coefficient (Wildman–Crippen LogP) is 1.22. The second-order valence-electron chi connectivity index (χ2n) is 2.41. The Bertz CT molecular complexity index is 201. The van der Waals surface area contributed by atoms with Crippen molar-refractivity contribution in [2.45, 2.75) is 13.8 Å². The van der Waals surface area contributed by atoms with Crippen molar-refractivity contribution >= 4 is 5.69 Å². The molecule has 0 aliphatic heterocycles. The molecule has 0 atom stereocenters. The van der Waals surface area contributed by atoms with E-state index >= 15 is 0 Å². The lowest BCUT2D eigenvalue weighted by Gasteiger charge is -1.93. The highest BCUT2D eigenvalue weighted by Gasteiger charge is 2.00. The van der Waals surface area contributed by atoms with Gasteiger partial charge in [-0.15, -0.1) is 0 Å². The van der Waals surface area contributed by atoms with Crippen LogP contribution in [-0.2, 0) is 7.05 Å². The van der Waals surface area contributed by atoms with Gasteiger partial charge in [0, 0.05) is 18.9 Å². The Labute approximate surface area is 55.3 Å². The third-order valence-electron chi connectivity index (χ3n) is 1.84. The molecule has 0 aliphatic rings. The van der Waals surface area contributed by atoms with E-state index in [-0.39, 0.29) is 0 Å². The van der Waals surface area contributed by atoms with E-state index in [9.17, 15) is 0 Å². The Hall–Kier alpha value is -0.920. The van der Waals surface area contributed by atoms with Gasteiger partial charge in [0.2, 0.25) is 0 Å². The molecule has 50 valence electrons. The van der Waals surface area contributed by atoms with Crippen LogP contribution in [0.1, 0.15) is 11.3 Å². The molecule has 1 aromatic heterocycles. The third kappa shape index (κ3) is 0.803. The Morgan fingerprint density at radius 3 is 2.11 bits per heavy atom. The Morgan fingerprint density at radius 2 is 2.00 bits per heavy atom. The number of nitrogens with two attached hydrogens (primary N) is 1. The zero-order valence-electron chi connectivity index (χ0n) is 6.10. The van der Waals surface area contributed by atoms with E-state index < -0.39 is 0 Å². The van der Waals surface area contributed by atoms with Crippen molar-refractivity contribution in [3.63, 3.8) is 0 Å². The molecule has 0 bridgehead atoms. The Balaban J connectivity index is 3.29. The Kier molecular flexibility index (Phi) is 1.24. The molecule has 0 saturated carbocycles. The van der Waals surface area contributed by atoms with E-state index in [0.29, 0.717) is 0 Å². The predicted molar refractivity (Wildman–Crippen MR) is 39.3 cm³/mol. The fourth-order valence-corrected chi connectivity index (χ4v) is 0.876. The minimum absolute atomic E-state index is 0.884. The van der Waals surface area contributed by atoms with Crippen LogP contribution in [0.4, 0.5) is 5.69 Å². The van der Waals surface area contributed by atoms with Crippen LogP contribution in [0.3, 0.4) is 0 Å². The molecule has 0 amide bonds. The van der Waals surface area contributed by atoms with E-state index in [1.54, 1.807) is 0 Å². The lowest BCUT2D eigenvalue weighted by atomic mass is 10.3. The molecular formula is C7H12N2. The first-order valence-corrected chi connectivity index (χ1v) is 3.01. The maximum atomic E-state index is 5.62. The van der Waals surface area contributed by atoms with Crippen LogP contribution >= 0.6 is 0 Å². The first kappa shape index (κ1) is 6.20. The van der Waals surface area contributed by atoms with Crippen molar-refractivity contribution < 1.29 is 0 Å². The van der Waals surface area contributed by atoms with Crippen molar-refractivity contribution in [3.05, 3.63) is 17.5 Å². The summed E-state index contributed by atoms with van der Waals surface area (Å²) in [5.74, 6) is 0. The smallest absolute Gasteiger partial charge is 0.0526 e. The molecule has 0 saturated heterocycles. The molecule has 9 heavy (non-hydrogen) atoms. The average Bonchev–Trinajstić information content (AvgIpc) is 1.98. The summed E-state index contributed by atoms with van der Waals surface area (Å²) in [7, 11) is 2.00. The molecule has 0 aliphatic carbocycles. The number of nitrogens with zero attached hydrogens (tertiary/aromatic N) is 1. The summed E-state index contributed by atoms with van der Waals surface area (Å²) in [5, 5.41) is 0. The number of hydrogen-bond donors (Lipinski definition) is 1. The van der Waals surface area contributed by atoms with Gasteiger partial charge in [-0.3, -0.25) is 0 Å². The molecule has 2 N–H and O–H groups in total. The minimum atomic E-state index is 0.884. The number of nitrogen functional groups attached to an aromatic ring is 1. The SMILES string of the molecule is Cc1c(N)cn(C)c1C. The number of rotatable bonds is 0. The summed E-state index contributed by atoms with van der Waals surface area (Å²) in [6.07, 6.45) is 1.94. The summed E-state index contributed by atoms with van der Waals surface area (Å²) in [5.41, 5.74) is 8.94. The summed E-state index contributed by atoms with van der Waals surface area (Å²) in [4.78, 5) is 0. The van der Waals surface area contributed by atoms with Crippen LogP contribution in [0.25, 0.3) is 0 Å². The van der Waals surface area contributed by atoms with Gasteiger partial charge >= 0.3 is 0 Å². The molecule has 1 rings (SSSR count). The molecule has 0 spiro atoms. The standard InChI is InChI=1S/C7H12N2/c1-5-6(2)9(3)4-7(5)8/h4H,8H2,1-3H3. The monoisotopic (exact) mass is 124 g/mol. The van der Waals surface area contributed by atoms with Gasteiger partial charge in [-0.2, -0.15) is 0 Å². The highest BCUT2D eigenvalue weighted by atomic mass is 14.9. The summed E-state index contributed by atoms with van der Waals surface area (Å²) in [6.45, 7) is 4.09. The quantitative estimate of drug-likeness (QED) is 0.554. The maximum Gasteiger partial charge on any atom is 0.0526 e. The van der Waals surface area contributed by atoms with Crippen LogP contribution in [0.2, 0.25) is 0 Å². The van der Waals surface area contributed by atoms with E-state index in [0.717, 1.165) is 5.69 Å². The highest BCUT2D eigenvalue weighted by molar-refractivity contribution is 5.47. The Morgan fingerprint density at radius 1 is 1.44 bits per heavy atom. The van der Waals surface area contributed by atoms with Gasteiger partial charge in [-0.25, -0.2) is 0 Å². The summed E-state index contributed by atoms with van der Waals surface area (Å²) < 4.78 is 2.03. The van der Waals surface area contributed by atoms with Crippen molar-refractivity contribution in [1.82, 2.24) is 4.57 Å². The largest absolute Gasteiger partial charge is 0.397 e. The average molecular weight is 124 g/mol. The van der Waals surface area contributed by atoms with Crippen LogP contribution in [0, 0.1) is 13.8 Å². The number of aryl methyl sites for hydroxylation is 1. The van der Waals surface area contributed by atoms with Crippen molar-refractivity contribution in [2.24, 2.45) is 7.05 Å². The van der Waals surface area contributed by atoms with Crippen LogP contribution in [-0.4, -0.2) is 4.57 Å². The molecule has 0 fully saturated rings. The normalized spacial score (nSPS) is 10.1. The van der Waals surface area contributed by atoms with E-state index in [1.807, 2.05) is 24.7 Å². The number of hydrogen-bond acceptors (Lipinski definition) is 1. The third-order valence-corrected chi connectivity index (χ3v) is 1.84. The molecule has 2 heteroatoms. The van der Waals surface area contributed by atoms with Crippen LogP contribution < -0.4 is 5.73 Å². The molecule has 2 nitrogen and oxygen atoms in total. The fourth-order valence-electron chi connectivity index (χ4n) is 0.876. The van der Waals surface area contributed by atoms with E-state index in [1.165, 1.54) is 11.3 Å². The molecule has 0 unspecified atom stereocenters. The summed E-state index contributed by atoms with van der Waals surface area (Å²) in [6, 6.07) is 0. The molecule has 0 aromatic carbocycles. The minimum Gasteiger partial charge on any atom is -0.397 e. The first-order chi connectivity index (χ1) is 4.13. The lowest BCUT2D eigenvalue weighted by molar-refractivity contribution is 0.877. The van der Waals surface area contributed by atoms with Crippen molar-refractivity contribution in [3.8, 4) is 0 Å². The number of anilines is 1. The maximum absolute atomic E-state index is 5.62. The zero-order valence-corrected chi connectivity index (χ0v) is 6.10. The number of aromatic nitrogens is 1. The second kappa shape index (κ2) is 1.79. The molecular weight excluding hydrogens is 112 g/mol. The topological polar surface area (TPSA) is 30.9 Å². The van der Waals surface area contributed by atoms with Gasteiger partial charge in [0.25, 0.3) is 0 Å². The van der Waals surface area contributed by atoms with Gasteiger partial charge < -0.3 is 10.3 Å². The van der Waals surface area contributed by atoms with Crippen molar-refractivity contribution in [1.29, 1.82) is 0 Å². The van der Waals surface area contributed by atoms with Crippen LogP contribution in [0.15, 0.2) is 6.20 Å². The van der Waals surface area contributed by atoms with Gasteiger partial charge in [0.15, 0.2) is 0 Å². The van der Waals surface area contributed by atoms with Crippen LogP contribution in [0.5, 0.6) is 0 Å². The van der Waals surface area contributed by atoms with E-state index in [4.69, 9.17) is 5.73 Å². The highest BCUT2D eigenvalue weighted by Crippen LogP contribution is 2.15. The van der Waals surface area contributed by atoms with Crippen molar-refractivity contribution in [2.75, 3.05) is 5.73 Å². The fraction of sp³-hybridized carbons (Fsp3) is 0.429. The van der Waals surface area contributed by atoms with Gasteiger partial charge in [-0.1, -0.05) is 0 Å². The van der Waals surface area contributed by atoms with Gasteiger partial charge in [0.1, 0.15) is 0 Å². The second-order valence-corrected chi connectivity index (χ2v) is 2.41.